The maximum Gasteiger partial charge on any atom is -0.000717 e. The summed E-state index contributed by atoms with van der Waals surface area (Å²) in [5.74, 6) is 0. The molecule has 3 aromatic rings. The monoisotopic (exact) mass is 254 g/mol. The Bertz CT molecular complexity index is 897. The maximum absolute atomic E-state index is 2.30. The quantitative estimate of drug-likeness (QED) is 0.415. The van der Waals surface area contributed by atoms with Crippen LogP contribution in [0.5, 0.6) is 0 Å². The lowest BCUT2D eigenvalue weighted by Gasteiger charge is -2.13. The topological polar surface area (TPSA) is 0 Å². The molecule has 94 valence electrons. The average Bonchev–Trinajstić information content (AvgIpc) is 3.11. The first-order chi connectivity index (χ1) is 9.93. The van der Waals surface area contributed by atoms with E-state index in [4.69, 9.17) is 0 Å². The fourth-order valence-electron chi connectivity index (χ4n) is 3.91. The van der Waals surface area contributed by atoms with Gasteiger partial charge in [0.15, 0.2) is 0 Å². The smallest absolute Gasteiger partial charge is 0.000717 e. The molecule has 0 atom stereocenters. The van der Waals surface area contributed by atoms with Gasteiger partial charge in [-0.15, -0.1) is 0 Å². The van der Waals surface area contributed by atoms with E-state index in [1.54, 1.807) is 0 Å². The van der Waals surface area contributed by atoms with Crippen molar-refractivity contribution in [3.05, 3.63) is 76.9 Å². The molecule has 0 bridgehead atoms. The van der Waals surface area contributed by atoms with E-state index in [0.29, 0.717) is 0 Å². The van der Waals surface area contributed by atoms with E-state index in [2.05, 4.69) is 60.7 Å². The lowest BCUT2D eigenvalue weighted by molar-refractivity contribution is 1.27. The number of rotatable bonds is 0. The molecule has 5 rings (SSSR count). The lowest BCUT2D eigenvalue weighted by Crippen LogP contribution is -1.93. The minimum Gasteiger partial charge on any atom is -0.0795 e. The minimum atomic E-state index is 1.08. The summed E-state index contributed by atoms with van der Waals surface area (Å²) in [6.07, 6.45) is 6.77. The molecular weight excluding hydrogens is 240 g/mol. The van der Waals surface area contributed by atoms with Crippen LogP contribution in [-0.2, 0) is 12.8 Å². The van der Waals surface area contributed by atoms with Gasteiger partial charge in [-0.25, -0.2) is 0 Å². The van der Waals surface area contributed by atoms with Crippen molar-refractivity contribution in [2.24, 2.45) is 0 Å². The highest BCUT2D eigenvalue weighted by molar-refractivity contribution is 6.03. The minimum absolute atomic E-state index is 1.08. The lowest BCUT2D eigenvalue weighted by atomic mass is 9.90. The summed E-state index contributed by atoms with van der Waals surface area (Å²) in [4.78, 5) is 0. The predicted octanol–water partition coefficient (Wildman–Crippen LogP) is 4.98. The van der Waals surface area contributed by atoms with Gasteiger partial charge >= 0.3 is 0 Å². The van der Waals surface area contributed by atoms with E-state index >= 15 is 0 Å². The Labute approximate surface area is 118 Å². The zero-order chi connectivity index (χ0) is 13.1. The van der Waals surface area contributed by atoms with E-state index in [9.17, 15) is 0 Å². The second-order valence-corrected chi connectivity index (χ2v) is 5.73. The molecule has 0 nitrogen and oxygen atoms in total. The van der Waals surface area contributed by atoms with Crippen molar-refractivity contribution in [2.45, 2.75) is 12.8 Å². The van der Waals surface area contributed by atoms with E-state index < -0.39 is 0 Å². The second kappa shape index (κ2) is 3.61. The number of benzene rings is 3. The van der Waals surface area contributed by atoms with Crippen molar-refractivity contribution in [1.29, 1.82) is 0 Å². The molecule has 0 unspecified atom stereocenters. The maximum atomic E-state index is 2.30. The molecule has 0 heterocycles. The summed E-state index contributed by atoms with van der Waals surface area (Å²) in [7, 11) is 0. The van der Waals surface area contributed by atoms with Gasteiger partial charge in [-0.1, -0.05) is 60.7 Å². The van der Waals surface area contributed by atoms with Crippen LogP contribution in [0.15, 0.2) is 54.6 Å². The van der Waals surface area contributed by atoms with E-state index in [-0.39, 0.29) is 0 Å². The third-order valence-electron chi connectivity index (χ3n) is 4.73. The van der Waals surface area contributed by atoms with Crippen LogP contribution in [0, 0.1) is 0 Å². The molecule has 20 heavy (non-hydrogen) atoms. The van der Waals surface area contributed by atoms with Crippen molar-refractivity contribution >= 4 is 16.8 Å². The van der Waals surface area contributed by atoms with Gasteiger partial charge < -0.3 is 0 Å². The van der Waals surface area contributed by atoms with Crippen molar-refractivity contribution in [1.82, 2.24) is 0 Å². The molecule has 3 aromatic carbocycles. The first-order valence-corrected chi connectivity index (χ1v) is 7.25. The number of hydrogen-bond donors (Lipinski definition) is 0. The normalized spacial score (nSPS) is 14.4. The molecule has 2 aliphatic carbocycles. The third kappa shape index (κ3) is 1.17. The van der Waals surface area contributed by atoms with Crippen LogP contribution in [0.2, 0.25) is 0 Å². The van der Waals surface area contributed by atoms with Crippen molar-refractivity contribution in [2.75, 3.05) is 0 Å². The van der Waals surface area contributed by atoms with E-state index in [0.717, 1.165) is 12.8 Å². The molecule has 0 radical (unpaired) electrons. The molecule has 0 amide bonds. The van der Waals surface area contributed by atoms with Gasteiger partial charge in [-0.05, 0) is 57.0 Å². The van der Waals surface area contributed by atoms with Crippen LogP contribution in [0.4, 0.5) is 0 Å². The Balaban J connectivity index is 2.00. The molecule has 0 fully saturated rings. The third-order valence-corrected chi connectivity index (χ3v) is 4.73. The van der Waals surface area contributed by atoms with E-state index in [1.807, 2.05) is 0 Å². The SMILES string of the molecule is C1=Cc2c(c3c(c4ccccc24)Cc2ccccc2-3)C1. The van der Waals surface area contributed by atoms with Crippen LogP contribution >= 0.6 is 0 Å². The van der Waals surface area contributed by atoms with Crippen LogP contribution in [0.25, 0.3) is 28.0 Å². The van der Waals surface area contributed by atoms with Gasteiger partial charge in [0.1, 0.15) is 0 Å². The molecule has 0 heteroatoms. The van der Waals surface area contributed by atoms with Crippen LogP contribution in [0.3, 0.4) is 0 Å². The highest BCUT2D eigenvalue weighted by Crippen LogP contribution is 2.46. The van der Waals surface area contributed by atoms with Crippen LogP contribution < -0.4 is 0 Å². The number of hydrogen-bond acceptors (Lipinski definition) is 0. The van der Waals surface area contributed by atoms with Gasteiger partial charge in [-0.2, -0.15) is 0 Å². The van der Waals surface area contributed by atoms with Gasteiger partial charge in [0.05, 0.1) is 0 Å². The van der Waals surface area contributed by atoms with Crippen molar-refractivity contribution < 1.29 is 0 Å². The highest BCUT2D eigenvalue weighted by atomic mass is 14.3. The fourth-order valence-corrected chi connectivity index (χ4v) is 3.91. The first-order valence-electron chi connectivity index (χ1n) is 7.25. The summed E-state index contributed by atoms with van der Waals surface area (Å²) in [6, 6.07) is 17.8. The van der Waals surface area contributed by atoms with Gasteiger partial charge in [-0.3, -0.25) is 0 Å². The standard InChI is InChI=1S/C20H14/c1-2-7-14-13(6-1)12-19-17-9-4-3-8-15(17)16-10-5-11-18(16)20(14)19/h1-10H,11-12H2. The fraction of sp³-hybridized carbons (Fsp3) is 0.100. The zero-order valence-corrected chi connectivity index (χ0v) is 11.2. The van der Waals surface area contributed by atoms with Crippen LogP contribution in [0.1, 0.15) is 22.3 Å². The highest BCUT2D eigenvalue weighted by Gasteiger charge is 2.26. The molecular formula is C20H14. The van der Waals surface area contributed by atoms with Gasteiger partial charge in [0, 0.05) is 0 Å². The molecule has 0 N–H and O–H groups in total. The largest absolute Gasteiger partial charge is 0.0795 e. The predicted molar refractivity (Wildman–Crippen MR) is 84.9 cm³/mol. The number of allylic oxidation sites excluding steroid dienone is 1. The molecule has 0 saturated carbocycles. The van der Waals surface area contributed by atoms with Gasteiger partial charge in [0.25, 0.3) is 0 Å². The van der Waals surface area contributed by atoms with Gasteiger partial charge in [0.2, 0.25) is 0 Å². The molecule has 0 saturated heterocycles. The van der Waals surface area contributed by atoms with Crippen molar-refractivity contribution in [3.63, 3.8) is 0 Å². The second-order valence-electron chi connectivity index (χ2n) is 5.73. The Morgan fingerprint density at radius 2 is 1.55 bits per heavy atom. The Morgan fingerprint density at radius 3 is 2.50 bits per heavy atom. The molecule has 0 spiro atoms. The van der Waals surface area contributed by atoms with Crippen molar-refractivity contribution in [3.8, 4) is 11.1 Å². The average molecular weight is 254 g/mol. The summed E-state index contributed by atoms with van der Waals surface area (Å²) in [5, 5.41) is 2.85. The molecule has 2 aliphatic rings. The molecule has 0 aliphatic heterocycles. The van der Waals surface area contributed by atoms with E-state index in [1.165, 1.54) is 44.2 Å². The summed E-state index contributed by atoms with van der Waals surface area (Å²) < 4.78 is 0. The zero-order valence-electron chi connectivity index (χ0n) is 11.2. The molecule has 0 aromatic heterocycles. The summed E-state index contributed by atoms with van der Waals surface area (Å²) in [6.45, 7) is 0. The first kappa shape index (κ1) is 10.4. The Morgan fingerprint density at radius 1 is 0.750 bits per heavy atom. The Kier molecular flexibility index (Phi) is 1.88. The summed E-state index contributed by atoms with van der Waals surface area (Å²) in [5.41, 5.74) is 8.95. The Hall–Kier alpha value is -2.34. The number of fused-ring (bicyclic) bond motifs is 8. The summed E-state index contributed by atoms with van der Waals surface area (Å²) >= 11 is 0. The van der Waals surface area contributed by atoms with Crippen LogP contribution in [-0.4, -0.2) is 0 Å².